The molecule has 0 saturated carbocycles. The van der Waals surface area contributed by atoms with Crippen molar-refractivity contribution in [2.75, 3.05) is 18.2 Å². The number of aliphatic imine (C=N–C) groups is 1. The molecule has 4 rings (SSSR count). The van der Waals surface area contributed by atoms with Crippen LogP contribution in [0.5, 0.6) is 5.88 Å². The van der Waals surface area contributed by atoms with Crippen LogP contribution in [0.25, 0.3) is 0 Å². The Morgan fingerprint density at radius 2 is 1.83 bits per heavy atom. The van der Waals surface area contributed by atoms with E-state index in [0.717, 1.165) is 23.9 Å². The highest BCUT2D eigenvalue weighted by molar-refractivity contribution is 7.92. The normalized spacial score (nSPS) is 18.5. The Morgan fingerprint density at radius 3 is 2.40 bits per heavy atom. The molecule has 9 nitrogen and oxygen atoms in total. The first-order valence-electron chi connectivity index (χ1n) is 10.3. The maximum Gasteiger partial charge on any atom is 0.231 e. The zero-order valence-electron chi connectivity index (χ0n) is 18.9. The molecule has 12 heteroatoms. The number of carbonyl (C=O) groups is 1. The third-order valence-electron chi connectivity index (χ3n) is 5.04. The van der Waals surface area contributed by atoms with E-state index in [1.807, 2.05) is 6.92 Å². The second kappa shape index (κ2) is 11.0. The van der Waals surface area contributed by atoms with E-state index in [1.54, 1.807) is 19.5 Å². The van der Waals surface area contributed by atoms with Gasteiger partial charge in [0, 0.05) is 11.3 Å². The van der Waals surface area contributed by atoms with Crippen LogP contribution in [0.2, 0.25) is 0 Å². The molecule has 0 saturated heterocycles. The lowest BCUT2D eigenvalue weighted by Crippen LogP contribution is -2.37. The fraction of sp³-hybridized carbons (Fsp3) is 0.217. The van der Waals surface area contributed by atoms with Crippen molar-refractivity contribution in [3.05, 3.63) is 83.3 Å². The molecule has 0 radical (unpaired) electrons. The van der Waals surface area contributed by atoms with Crippen molar-refractivity contribution in [2.24, 2.45) is 10.7 Å². The van der Waals surface area contributed by atoms with Gasteiger partial charge in [0.15, 0.2) is 9.84 Å². The van der Waals surface area contributed by atoms with Crippen LogP contribution in [0.4, 0.5) is 14.5 Å². The minimum absolute atomic E-state index is 0.0148. The molecule has 2 atom stereocenters. The lowest BCUT2D eigenvalue weighted by molar-refractivity contribution is -0.105. The number of nitrogens with zero attached hydrogens (tertiary/aromatic N) is 3. The Morgan fingerprint density at radius 1 is 1.11 bits per heavy atom. The largest absolute Gasteiger partial charge is 0.480 e. The first kappa shape index (κ1) is 25.7. The van der Waals surface area contributed by atoms with E-state index >= 15 is 0 Å². The number of anilines is 1. The van der Waals surface area contributed by atoms with Crippen LogP contribution in [-0.2, 0) is 14.6 Å². The van der Waals surface area contributed by atoms with Gasteiger partial charge in [-0.25, -0.2) is 22.2 Å². The van der Waals surface area contributed by atoms with Gasteiger partial charge in [0.2, 0.25) is 12.3 Å². The molecule has 0 aliphatic carbocycles. The number of methoxy groups -OCH3 is 1. The topological polar surface area (TPSA) is 137 Å². The molecule has 3 N–H and O–H groups in total. The average molecular weight is 504 g/mol. The maximum atomic E-state index is 14.2. The van der Waals surface area contributed by atoms with Gasteiger partial charge in [-0.3, -0.25) is 14.8 Å². The van der Waals surface area contributed by atoms with Gasteiger partial charge in [-0.15, -0.1) is 0 Å². The molecule has 0 spiro atoms. The molecule has 0 bridgehead atoms. The Labute approximate surface area is 201 Å². The Kier molecular flexibility index (Phi) is 8.07. The van der Waals surface area contributed by atoms with E-state index in [1.165, 1.54) is 24.3 Å². The van der Waals surface area contributed by atoms with Crippen LogP contribution >= 0.6 is 0 Å². The number of ether oxygens (including phenoxy) is 1. The SMILES string of the molecule is COc1cnc(C)cn1.NC1=NC(c2cc(NC=O)ccc2F)CS(=O)(=O)C1c1ccc(F)cc1. The lowest BCUT2D eigenvalue weighted by Gasteiger charge is -2.27. The van der Waals surface area contributed by atoms with Gasteiger partial charge in [-0.2, -0.15) is 0 Å². The monoisotopic (exact) mass is 503 g/mol. The van der Waals surface area contributed by atoms with Gasteiger partial charge in [0.05, 0.1) is 37.0 Å². The number of nitrogens with two attached hydrogens (primary N) is 1. The molecule has 1 aliphatic rings. The van der Waals surface area contributed by atoms with Crippen LogP contribution in [0, 0.1) is 18.6 Å². The molecule has 1 amide bonds. The van der Waals surface area contributed by atoms with Crippen LogP contribution in [0.3, 0.4) is 0 Å². The van der Waals surface area contributed by atoms with Crippen molar-refractivity contribution < 1.29 is 26.7 Å². The summed E-state index contributed by atoms with van der Waals surface area (Å²) in [7, 11) is -2.24. The quantitative estimate of drug-likeness (QED) is 0.511. The van der Waals surface area contributed by atoms with Crippen LogP contribution in [0.1, 0.15) is 28.1 Å². The third kappa shape index (κ3) is 6.35. The minimum atomic E-state index is -3.81. The van der Waals surface area contributed by atoms with Gasteiger partial charge in [-0.05, 0) is 42.8 Å². The van der Waals surface area contributed by atoms with Crippen LogP contribution in [-0.4, -0.2) is 43.5 Å². The molecule has 2 unspecified atom stereocenters. The number of nitrogens with one attached hydrogen (secondary N) is 1. The zero-order chi connectivity index (χ0) is 25.6. The number of amides is 1. The van der Waals surface area contributed by atoms with Crippen LogP contribution in [0.15, 0.2) is 59.9 Å². The summed E-state index contributed by atoms with van der Waals surface area (Å²) >= 11 is 0. The van der Waals surface area contributed by atoms with E-state index in [0.29, 0.717) is 23.5 Å². The number of rotatable bonds is 5. The number of hydrogen-bond donors (Lipinski definition) is 2. The minimum Gasteiger partial charge on any atom is -0.480 e. The van der Waals surface area contributed by atoms with Gasteiger partial charge in [-0.1, -0.05) is 12.1 Å². The average Bonchev–Trinajstić information content (AvgIpc) is 2.82. The van der Waals surface area contributed by atoms with Crippen molar-refractivity contribution >= 4 is 27.8 Å². The molecule has 35 heavy (non-hydrogen) atoms. The lowest BCUT2D eigenvalue weighted by atomic mass is 10.1. The summed E-state index contributed by atoms with van der Waals surface area (Å²) in [5.41, 5.74) is 7.40. The summed E-state index contributed by atoms with van der Waals surface area (Å²) in [5.74, 6) is -1.26. The van der Waals surface area contributed by atoms with Crippen molar-refractivity contribution in [3.8, 4) is 5.88 Å². The molecule has 184 valence electrons. The summed E-state index contributed by atoms with van der Waals surface area (Å²) < 4.78 is 57.5. The summed E-state index contributed by atoms with van der Waals surface area (Å²) in [4.78, 5) is 22.6. The summed E-state index contributed by atoms with van der Waals surface area (Å²) in [6.07, 6.45) is 3.69. The fourth-order valence-electron chi connectivity index (χ4n) is 3.40. The maximum absolute atomic E-state index is 14.2. The van der Waals surface area contributed by atoms with Gasteiger partial charge in [0.25, 0.3) is 0 Å². The smallest absolute Gasteiger partial charge is 0.231 e. The molecule has 1 aliphatic heterocycles. The fourth-order valence-corrected chi connectivity index (χ4v) is 5.29. The number of amidine groups is 1. The number of hydrogen-bond acceptors (Lipinski definition) is 8. The van der Waals surface area contributed by atoms with Gasteiger partial charge in [0.1, 0.15) is 22.7 Å². The van der Waals surface area contributed by atoms with Crippen LogP contribution < -0.4 is 15.8 Å². The standard InChI is InChI=1S/C17H15F2N3O3S.C6H8N2O/c18-11-3-1-10(2-4-11)16-17(20)22-15(8-26(16,24)25)13-7-12(21-9-23)5-6-14(13)19;1-5-3-8-6(9-2)4-7-5/h1-7,9,15-16H,8H2,(H2,20,22)(H,21,23);3-4H,1-2H3. The molecular weight excluding hydrogens is 480 g/mol. The van der Waals surface area contributed by atoms with E-state index in [-0.39, 0.29) is 11.4 Å². The van der Waals surface area contributed by atoms with Crippen molar-refractivity contribution in [3.63, 3.8) is 0 Å². The van der Waals surface area contributed by atoms with E-state index in [4.69, 9.17) is 10.5 Å². The van der Waals surface area contributed by atoms with Gasteiger partial charge < -0.3 is 15.8 Å². The Hall–Kier alpha value is -3.93. The molecule has 1 aromatic heterocycles. The first-order valence-corrected chi connectivity index (χ1v) is 12.0. The number of halogens is 2. The number of carbonyl (C=O) groups excluding carboxylic acids is 1. The number of aryl methyl sites for hydroxylation is 1. The third-order valence-corrected chi connectivity index (χ3v) is 7.05. The number of sulfone groups is 1. The Balaban J connectivity index is 0.000000320. The molecule has 3 aromatic rings. The van der Waals surface area contributed by atoms with E-state index in [9.17, 15) is 22.0 Å². The second-order valence-corrected chi connectivity index (χ2v) is 9.66. The molecular formula is C23H23F2N5O4S. The van der Waals surface area contributed by atoms with E-state index < -0.39 is 38.5 Å². The highest BCUT2D eigenvalue weighted by Gasteiger charge is 2.38. The highest BCUT2D eigenvalue weighted by Crippen LogP contribution is 2.35. The zero-order valence-corrected chi connectivity index (χ0v) is 19.7. The molecule has 0 fully saturated rings. The molecule has 2 heterocycles. The van der Waals surface area contributed by atoms with Crippen molar-refractivity contribution in [1.29, 1.82) is 0 Å². The number of aromatic nitrogens is 2. The van der Waals surface area contributed by atoms with E-state index in [2.05, 4.69) is 20.3 Å². The predicted molar refractivity (Wildman–Crippen MR) is 127 cm³/mol. The second-order valence-electron chi connectivity index (χ2n) is 7.53. The summed E-state index contributed by atoms with van der Waals surface area (Å²) in [6, 6.07) is 7.68. The van der Waals surface area contributed by atoms with Crippen molar-refractivity contribution in [1.82, 2.24) is 9.97 Å². The first-order chi connectivity index (χ1) is 16.6. The Bertz CT molecular complexity index is 1320. The summed E-state index contributed by atoms with van der Waals surface area (Å²) in [6.45, 7) is 1.88. The molecule has 2 aromatic carbocycles. The predicted octanol–water partition coefficient (Wildman–Crippen LogP) is 2.89. The highest BCUT2D eigenvalue weighted by atomic mass is 32.2. The van der Waals surface area contributed by atoms with Gasteiger partial charge >= 0.3 is 0 Å². The van der Waals surface area contributed by atoms with Crippen molar-refractivity contribution in [2.45, 2.75) is 18.2 Å². The summed E-state index contributed by atoms with van der Waals surface area (Å²) in [5, 5.41) is 1.16. The number of benzene rings is 2.